The summed E-state index contributed by atoms with van der Waals surface area (Å²) in [6.07, 6.45) is 1.48. The number of carbonyl (C=O) groups excluding carboxylic acids is 1. The third-order valence-electron chi connectivity index (χ3n) is 2.36. The largest absolute Gasteiger partial charge is 0.478 e. The van der Waals surface area contributed by atoms with Crippen molar-refractivity contribution < 1.29 is 14.7 Å². The van der Waals surface area contributed by atoms with E-state index in [-0.39, 0.29) is 16.3 Å². The van der Waals surface area contributed by atoms with Crippen LogP contribution in [0.4, 0.5) is 5.69 Å². The van der Waals surface area contributed by atoms with Gasteiger partial charge in [0.15, 0.2) is 0 Å². The first-order chi connectivity index (χ1) is 8.97. The van der Waals surface area contributed by atoms with Crippen LogP contribution in [0.3, 0.4) is 0 Å². The SMILES string of the molecule is O=C(O)c1ccc(NC(=O)c2cc(Cl)c[nH]2)c(Cl)c1. The van der Waals surface area contributed by atoms with Crippen molar-refractivity contribution in [3.8, 4) is 0 Å². The van der Waals surface area contributed by atoms with Gasteiger partial charge in [0.25, 0.3) is 5.91 Å². The maximum absolute atomic E-state index is 11.8. The van der Waals surface area contributed by atoms with Gasteiger partial charge in [-0.25, -0.2) is 4.79 Å². The van der Waals surface area contributed by atoms with Crippen LogP contribution in [0.15, 0.2) is 30.5 Å². The highest BCUT2D eigenvalue weighted by molar-refractivity contribution is 6.34. The van der Waals surface area contributed by atoms with Crippen molar-refractivity contribution in [2.45, 2.75) is 0 Å². The Morgan fingerprint density at radius 2 is 1.95 bits per heavy atom. The number of aromatic nitrogens is 1. The Morgan fingerprint density at radius 3 is 2.47 bits per heavy atom. The third-order valence-corrected chi connectivity index (χ3v) is 2.89. The van der Waals surface area contributed by atoms with E-state index < -0.39 is 11.9 Å². The lowest BCUT2D eigenvalue weighted by atomic mass is 10.2. The molecule has 1 amide bonds. The number of aromatic carboxylic acids is 1. The van der Waals surface area contributed by atoms with Crippen molar-refractivity contribution in [2.24, 2.45) is 0 Å². The zero-order valence-corrected chi connectivity index (χ0v) is 10.9. The van der Waals surface area contributed by atoms with Gasteiger partial charge in [-0.3, -0.25) is 4.79 Å². The Balaban J connectivity index is 2.20. The van der Waals surface area contributed by atoms with Crippen molar-refractivity contribution in [3.63, 3.8) is 0 Å². The second-order valence-corrected chi connectivity index (χ2v) is 4.53. The molecule has 2 rings (SSSR count). The topological polar surface area (TPSA) is 82.2 Å². The molecule has 1 aromatic carbocycles. The average Bonchev–Trinajstić information content (AvgIpc) is 2.78. The first-order valence-electron chi connectivity index (χ1n) is 5.15. The first kappa shape index (κ1) is 13.5. The van der Waals surface area contributed by atoms with Gasteiger partial charge in [0, 0.05) is 6.20 Å². The van der Waals surface area contributed by atoms with E-state index in [0.717, 1.165) is 0 Å². The van der Waals surface area contributed by atoms with E-state index in [0.29, 0.717) is 10.7 Å². The lowest BCUT2D eigenvalue weighted by Gasteiger charge is -2.06. The molecule has 1 heterocycles. The number of carbonyl (C=O) groups is 2. The Kier molecular flexibility index (Phi) is 3.78. The van der Waals surface area contributed by atoms with E-state index in [2.05, 4.69) is 10.3 Å². The van der Waals surface area contributed by atoms with Crippen LogP contribution < -0.4 is 5.32 Å². The third kappa shape index (κ3) is 3.07. The fourth-order valence-corrected chi connectivity index (χ4v) is 1.83. The molecule has 0 bridgehead atoms. The van der Waals surface area contributed by atoms with Crippen molar-refractivity contribution in [1.29, 1.82) is 0 Å². The Hall–Kier alpha value is -1.98. The Bertz CT molecular complexity index is 652. The van der Waals surface area contributed by atoms with E-state index in [9.17, 15) is 9.59 Å². The molecule has 0 radical (unpaired) electrons. The molecule has 2 aromatic rings. The Morgan fingerprint density at radius 1 is 1.21 bits per heavy atom. The molecule has 5 nitrogen and oxygen atoms in total. The van der Waals surface area contributed by atoms with Gasteiger partial charge in [0.2, 0.25) is 0 Å². The molecule has 0 spiro atoms. The van der Waals surface area contributed by atoms with Crippen molar-refractivity contribution in [3.05, 3.63) is 51.8 Å². The lowest BCUT2D eigenvalue weighted by molar-refractivity contribution is 0.0696. The molecule has 98 valence electrons. The molecular weight excluding hydrogens is 291 g/mol. The van der Waals surface area contributed by atoms with Gasteiger partial charge < -0.3 is 15.4 Å². The van der Waals surface area contributed by atoms with Crippen LogP contribution >= 0.6 is 23.2 Å². The molecule has 0 unspecified atom stereocenters. The lowest BCUT2D eigenvalue weighted by Crippen LogP contribution is -2.12. The maximum atomic E-state index is 11.8. The summed E-state index contributed by atoms with van der Waals surface area (Å²) in [7, 11) is 0. The van der Waals surface area contributed by atoms with E-state index in [1.165, 1.54) is 30.5 Å². The monoisotopic (exact) mass is 298 g/mol. The summed E-state index contributed by atoms with van der Waals surface area (Å²) >= 11 is 11.6. The van der Waals surface area contributed by atoms with Gasteiger partial charge in [-0.2, -0.15) is 0 Å². The fourth-order valence-electron chi connectivity index (χ4n) is 1.44. The molecular formula is C12H8Cl2N2O3. The summed E-state index contributed by atoms with van der Waals surface area (Å²) in [5, 5.41) is 11.9. The second kappa shape index (κ2) is 5.34. The van der Waals surface area contributed by atoms with Gasteiger partial charge in [-0.1, -0.05) is 23.2 Å². The van der Waals surface area contributed by atoms with Crippen LogP contribution in [0, 0.1) is 0 Å². The van der Waals surface area contributed by atoms with E-state index in [1.54, 1.807) is 0 Å². The van der Waals surface area contributed by atoms with Crippen molar-refractivity contribution >= 4 is 40.8 Å². The number of H-pyrrole nitrogens is 1. The number of benzene rings is 1. The minimum atomic E-state index is -1.09. The van der Waals surface area contributed by atoms with Crippen LogP contribution in [0.5, 0.6) is 0 Å². The summed E-state index contributed by atoms with van der Waals surface area (Å²) in [5.74, 6) is -1.51. The molecule has 0 saturated carbocycles. The average molecular weight is 299 g/mol. The summed E-state index contributed by atoms with van der Waals surface area (Å²) in [5.41, 5.74) is 0.650. The molecule has 0 aliphatic heterocycles. The second-order valence-electron chi connectivity index (χ2n) is 3.69. The molecule has 1 aromatic heterocycles. The number of rotatable bonds is 3. The zero-order chi connectivity index (χ0) is 14.0. The predicted molar refractivity (Wildman–Crippen MR) is 72.2 cm³/mol. The number of carboxylic acids is 1. The van der Waals surface area contributed by atoms with Crippen LogP contribution in [0.1, 0.15) is 20.8 Å². The summed E-state index contributed by atoms with van der Waals surface area (Å²) < 4.78 is 0. The molecule has 0 atom stereocenters. The molecule has 19 heavy (non-hydrogen) atoms. The fraction of sp³-hybridized carbons (Fsp3) is 0. The van der Waals surface area contributed by atoms with Crippen molar-refractivity contribution in [1.82, 2.24) is 4.98 Å². The molecule has 3 N–H and O–H groups in total. The summed E-state index contributed by atoms with van der Waals surface area (Å²) in [6, 6.07) is 5.51. The Labute approximate surface area is 118 Å². The highest BCUT2D eigenvalue weighted by Gasteiger charge is 2.12. The minimum Gasteiger partial charge on any atom is -0.478 e. The number of amides is 1. The summed E-state index contributed by atoms with van der Waals surface area (Å²) in [4.78, 5) is 25.3. The quantitative estimate of drug-likeness (QED) is 0.813. The van der Waals surface area contributed by atoms with Crippen LogP contribution in [0.25, 0.3) is 0 Å². The molecule has 0 saturated heterocycles. The number of aromatic amines is 1. The molecule has 7 heteroatoms. The predicted octanol–water partition coefficient (Wildman–Crippen LogP) is 3.27. The smallest absolute Gasteiger partial charge is 0.335 e. The zero-order valence-electron chi connectivity index (χ0n) is 9.41. The number of halogens is 2. The number of anilines is 1. The van der Waals surface area contributed by atoms with Gasteiger partial charge in [0.1, 0.15) is 5.69 Å². The molecule has 0 fully saturated rings. The van der Waals surface area contributed by atoms with Gasteiger partial charge in [-0.05, 0) is 24.3 Å². The van der Waals surface area contributed by atoms with E-state index >= 15 is 0 Å². The van der Waals surface area contributed by atoms with E-state index in [1.807, 2.05) is 0 Å². The van der Waals surface area contributed by atoms with Gasteiger partial charge >= 0.3 is 5.97 Å². The number of hydrogen-bond donors (Lipinski definition) is 3. The van der Waals surface area contributed by atoms with Crippen LogP contribution in [-0.2, 0) is 0 Å². The standard InChI is InChI=1S/C12H8Cl2N2O3/c13-7-4-10(15-5-7)11(17)16-9-2-1-6(12(18)19)3-8(9)14/h1-5,15H,(H,16,17)(H,18,19). The number of carboxylic acid groups (broad SMARTS) is 1. The van der Waals surface area contributed by atoms with Crippen LogP contribution in [-0.4, -0.2) is 22.0 Å². The number of nitrogens with one attached hydrogen (secondary N) is 2. The highest BCUT2D eigenvalue weighted by atomic mass is 35.5. The first-order valence-corrected chi connectivity index (χ1v) is 5.91. The number of hydrogen-bond acceptors (Lipinski definition) is 2. The van der Waals surface area contributed by atoms with E-state index in [4.69, 9.17) is 28.3 Å². The normalized spacial score (nSPS) is 10.2. The maximum Gasteiger partial charge on any atom is 0.335 e. The van der Waals surface area contributed by atoms with Crippen molar-refractivity contribution in [2.75, 3.05) is 5.32 Å². The molecule has 0 aliphatic rings. The van der Waals surface area contributed by atoms with Gasteiger partial charge in [-0.15, -0.1) is 0 Å². The minimum absolute atomic E-state index is 0.0471. The highest BCUT2D eigenvalue weighted by Crippen LogP contribution is 2.24. The molecule has 0 aliphatic carbocycles. The van der Waals surface area contributed by atoms with Crippen LogP contribution in [0.2, 0.25) is 10.0 Å². The van der Waals surface area contributed by atoms with Gasteiger partial charge in [0.05, 0.1) is 21.3 Å². The summed E-state index contributed by atoms with van der Waals surface area (Å²) in [6.45, 7) is 0.